The summed E-state index contributed by atoms with van der Waals surface area (Å²) in [5.74, 6) is 2.19. The van der Waals surface area contributed by atoms with Gasteiger partial charge in [0.2, 0.25) is 12.7 Å². The molecule has 0 bridgehead atoms. The van der Waals surface area contributed by atoms with Crippen LogP contribution in [0.2, 0.25) is 0 Å². The molecule has 0 aliphatic carbocycles. The van der Waals surface area contributed by atoms with E-state index in [0.29, 0.717) is 23.2 Å². The molecule has 116 valence electrons. The summed E-state index contributed by atoms with van der Waals surface area (Å²) in [4.78, 5) is 4.57. The Bertz CT molecular complexity index is 1060. The van der Waals surface area contributed by atoms with Crippen molar-refractivity contribution in [3.8, 4) is 34.5 Å². The summed E-state index contributed by atoms with van der Waals surface area (Å²) < 4.78 is 16.5. The Morgan fingerprint density at radius 1 is 0.792 bits per heavy atom. The maximum absolute atomic E-state index is 5.78. The van der Waals surface area contributed by atoms with Crippen LogP contribution in [-0.4, -0.2) is 22.0 Å². The van der Waals surface area contributed by atoms with E-state index >= 15 is 0 Å². The Labute approximate surface area is 136 Å². The van der Waals surface area contributed by atoms with Gasteiger partial charge in [0, 0.05) is 10.9 Å². The van der Waals surface area contributed by atoms with Crippen LogP contribution in [0.25, 0.3) is 33.9 Å². The molecule has 0 unspecified atom stereocenters. The number of benzene rings is 2. The van der Waals surface area contributed by atoms with E-state index in [-0.39, 0.29) is 6.79 Å². The highest BCUT2D eigenvalue weighted by molar-refractivity contribution is 5.80. The Balaban J connectivity index is 1.54. The molecule has 1 aliphatic heterocycles. The quantitative estimate of drug-likeness (QED) is 0.561. The first-order valence-corrected chi connectivity index (χ1v) is 7.46. The van der Waals surface area contributed by atoms with Crippen LogP contribution in [0.15, 0.2) is 59.0 Å². The lowest BCUT2D eigenvalue weighted by Crippen LogP contribution is -1.92. The topological polar surface area (TPSA) is 70.3 Å². The minimum absolute atomic E-state index is 0.231. The maximum Gasteiger partial charge on any atom is 0.266 e. The smallest absolute Gasteiger partial charge is 0.266 e. The van der Waals surface area contributed by atoms with Crippen LogP contribution in [0.3, 0.4) is 0 Å². The predicted octanol–water partition coefficient (Wildman–Crippen LogP) is 3.68. The van der Waals surface area contributed by atoms with E-state index in [4.69, 9.17) is 13.9 Å². The number of rotatable bonds is 2. The van der Waals surface area contributed by atoms with Gasteiger partial charge in [-0.25, -0.2) is 4.98 Å². The van der Waals surface area contributed by atoms with Gasteiger partial charge in [-0.05, 0) is 30.3 Å². The highest BCUT2D eigenvalue weighted by atomic mass is 16.7. The van der Waals surface area contributed by atoms with Crippen molar-refractivity contribution in [3.63, 3.8) is 0 Å². The third-order valence-corrected chi connectivity index (χ3v) is 3.86. The van der Waals surface area contributed by atoms with Crippen LogP contribution in [0, 0.1) is 0 Å². The molecular formula is C18H11N3O3. The van der Waals surface area contributed by atoms with Crippen LogP contribution in [0.4, 0.5) is 0 Å². The highest BCUT2D eigenvalue weighted by Crippen LogP contribution is 2.36. The van der Waals surface area contributed by atoms with Gasteiger partial charge in [-0.2, -0.15) is 0 Å². The summed E-state index contributed by atoms with van der Waals surface area (Å²) in [5, 5.41) is 9.29. The fourth-order valence-corrected chi connectivity index (χ4v) is 2.66. The molecule has 4 aromatic rings. The summed E-state index contributed by atoms with van der Waals surface area (Å²) in [6.07, 6.45) is 0. The van der Waals surface area contributed by atoms with Gasteiger partial charge in [0.25, 0.3) is 5.89 Å². The van der Waals surface area contributed by atoms with Gasteiger partial charge in [0.1, 0.15) is 5.69 Å². The van der Waals surface area contributed by atoms with Crippen molar-refractivity contribution in [1.82, 2.24) is 15.2 Å². The lowest BCUT2D eigenvalue weighted by atomic mass is 10.2. The summed E-state index contributed by atoms with van der Waals surface area (Å²) in [6.45, 7) is 0.231. The molecule has 0 N–H and O–H groups in total. The molecule has 0 saturated carbocycles. The number of hydrogen-bond acceptors (Lipinski definition) is 6. The lowest BCUT2D eigenvalue weighted by Gasteiger charge is -1.99. The van der Waals surface area contributed by atoms with Crippen LogP contribution < -0.4 is 9.47 Å². The minimum Gasteiger partial charge on any atom is -0.454 e. The molecule has 0 spiro atoms. The van der Waals surface area contributed by atoms with Gasteiger partial charge in [0.15, 0.2) is 11.5 Å². The number of ether oxygens (including phenoxy) is 2. The second-order valence-corrected chi connectivity index (χ2v) is 5.37. The normalized spacial score (nSPS) is 12.7. The zero-order valence-electron chi connectivity index (χ0n) is 12.5. The first-order valence-electron chi connectivity index (χ1n) is 7.46. The largest absolute Gasteiger partial charge is 0.454 e. The van der Waals surface area contributed by atoms with Gasteiger partial charge < -0.3 is 13.9 Å². The van der Waals surface area contributed by atoms with Crippen molar-refractivity contribution in [2.24, 2.45) is 0 Å². The number of aromatic nitrogens is 3. The number of hydrogen-bond donors (Lipinski definition) is 0. The van der Waals surface area contributed by atoms with E-state index in [2.05, 4.69) is 15.2 Å². The summed E-state index contributed by atoms with van der Waals surface area (Å²) in [5.41, 5.74) is 2.31. The summed E-state index contributed by atoms with van der Waals surface area (Å²) in [7, 11) is 0. The standard InChI is InChI=1S/C18H11N3O3/c1-2-4-13-11(3-1)5-7-14(19-13)18-21-20-17(24-18)12-6-8-15-16(9-12)23-10-22-15/h1-9H,10H2. The van der Waals surface area contributed by atoms with E-state index in [9.17, 15) is 0 Å². The van der Waals surface area contributed by atoms with E-state index in [1.165, 1.54) is 0 Å². The number of pyridine rings is 1. The number of nitrogens with zero attached hydrogens (tertiary/aromatic N) is 3. The Morgan fingerprint density at radius 2 is 1.67 bits per heavy atom. The molecule has 0 fully saturated rings. The molecule has 6 heteroatoms. The molecule has 5 rings (SSSR count). The Hall–Kier alpha value is -3.41. The van der Waals surface area contributed by atoms with Crippen molar-refractivity contribution in [2.45, 2.75) is 0 Å². The van der Waals surface area contributed by atoms with Gasteiger partial charge in [0.05, 0.1) is 5.52 Å². The Morgan fingerprint density at radius 3 is 2.67 bits per heavy atom. The molecule has 3 heterocycles. The number of fused-ring (bicyclic) bond motifs is 2. The molecule has 2 aromatic carbocycles. The monoisotopic (exact) mass is 317 g/mol. The van der Waals surface area contributed by atoms with Crippen LogP contribution in [0.5, 0.6) is 11.5 Å². The van der Waals surface area contributed by atoms with E-state index in [1.54, 1.807) is 0 Å². The first-order chi connectivity index (χ1) is 11.9. The van der Waals surface area contributed by atoms with E-state index in [0.717, 1.165) is 22.2 Å². The lowest BCUT2D eigenvalue weighted by molar-refractivity contribution is 0.174. The molecule has 2 aromatic heterocycles. The molecule has 1 aliphatic rings. The highest BCUT2D eigenvalue weighted by Gasteiger charge is 2.17. The number of para-hydroxylation sites is 1. The fourth-order valence-electron chi connectivity index (χ4n) is 2.66. The Kier molecular flexibility index (Phi) is 2.75. The van der Waals surface area contributed by atoms with Gasteiger partial charge in [-0.15, -0.1) is 10.2 Å². The zero-order chi connectivity index (χ0) is 15.9. The first kappa shape index (κ1) is 13.1. The van der Waals surface area contributed by atoms with Crippen LogP contribution >= 0.6 is 0 Å². The second kappa shape index (κ2) is 5.06. The SMILES string of the molecule is c1ccc2nc(-c3nnc(-c4ccc5c(c4)OCO5)o3)ccc2c1. The molecule has 6 nitrogen and oxygen atoms in total. The molecular weight excluding hydrogens is 306 g/mol. The summed E-state index contributed by atoms with van der Waals surface area (Å²) >= 11 is 0. The van der Waals surface area contributed by atoms with Crippen molar-refractivity contribution >= 4 is 10.9 Å². The predicted molar refractivity (Wildman–Crippen MR) is 86.6 cm³/mol. The van der Waals surface area contributed by atoms with Crippen molar-refractivity contribution < 1.29 is 13.9 Å². The van der Waals surface area contributed by atoms with E-state index < -0.39 is 0 Å². The van der Waals surface area contributed by atoms with E-state index in [1.807, 2.05) is 54.6 Å². The van der Waals surface area contributed by atoms with Crippen molar-refractivity contribution in [1.29, 1.82) is 0 Å². The molecule has 0 saturated heterocycles. The fraction of sp³-hybridized carbons (Fsp3) is 0.0556. The zero-order valence-corrected chi connectivity index (χ0v) is 12.5. The second-order valence-electron chi connectivity index (χ2n) is 5.37. The minimum atomic E-state index is 0.231. The average Bonchev–Trinajstić information content (AvgIpc) is 3.30. The van der Waals surface area contributed by atoms with Crippen molar-refractivity contribution in [2.75, 3.05) is 6.79 Å². The molecule has 24 heavy (non-hydrogen) atoms. The van der Waals surface area contributed by atoms with Gasteiger partial charge >= 0.3 is 0 Å². The molecule has 0 radical (unpaired) electrons. The summed E-state index contributed by atoms with van der Waals surface area (Å²) in [6, 6.07) is 17.3. The molecule has 0 amide bonds. The van der Waals surface area contributed by atoms with Crippen LogP contribution in [-0.2, 0) is 0 Å². The van der Waals surface area contributed by atoms with Crippen LogP contribution in [0.1, 0.15) is 0 Å². The van der Waals surface area contributed by atoms with Gasteiger partial charge in [-0.3, -0.25) is 0 Å². The maximum atomic E-state index is 5.78. The molecule has 0 atom stereocenters. The van der Waals surface area contributed by atoms with Gasteiger partial charge in [-0.1, -0.05) is 24.3 Å². The average molecular weight is 317 g/mol. The van der Waals surface area contributed by atoms with Crippen molar-refractivity contribution in [3.05, 3.63) is 54.6 Å². The third-order valence-electron chi connectivity index (χ3n) is 3.86. The third kappa shape index (κ3) is 2.08.